The van der Waals surface area contributed by atoms with Gasteiger partial charge in [-0.15, -0.1) is 0 Å². The highest BCUT2D eigenvalue weighted by molar-refractivity contribution is 6.48. The van der Waals surface area contributed by atoms with E-state index < -0.39 is 33.1 Å². The van der Waals surface area contributed by atoms with Crippen molar-refractivity contribution < 1.29 is 28.3 Å². The summed E-state index contributed by atoms with van der Waals surface area (Å²) in [6.07, 6.45) is -0.847. The molecule has 1 amide bonds. The number of carbonyl (C=O) groups excluding carboxylic acids is 3. The molecule has 1 saturated heterocycles. The van der Waals surface area contributed by atoms with E-state index in [1.807, 2.05) is 20.8 Å². The zero-order valence-corrected chi connectivity index (χ0v) is 19.1. The number of ether oxygens (including phenoxy) is 2. The standard InChI is InChI=1S/C19H33NO6Si/c1-11(2)15(18(23)24-7)20-16(22)14(17(20)26-12(3)21)13(19(4,5)6)10-25-27(8)9/h13-14,17,27H,10H2,1-9H3/t13-,14+,17-/m1/s1. The molecule has 0 aliphatic carbocycles. The molecule has 1 aliphatic heterocycles. The van der Waals surface area contributed by atoms with Gasteiger partial charge in [0, 0.05) is 19.4 Å². The van der Waals surface area contributed by atoms with Gasteiger partial charge in [0.25, 0.3) is 0 Å². The number of allylic oxidation sites excluding steroid dienone is 1. The minimum Gasteiger partial charge on any atom is -0.464 e. The van der Waals surface area contributed by atoms with Gasteiger partial charge in [-0.25, -0.2) is 4.79 Å². The maximum Gasteiger partial charge on any atom is 0.354 e. The number of hydrogen-bond acceptors (Lipinski definition) is 6. The summed E-state index contributed by atoms with van der Waals surface area (Å²) < 4.78 is 16.2. The van der Waals surface area contributed by atoms with Crippen LogP contribution in [0.5, 0.6) is 0 Å². The summed E-state index contributed by atoms with van der Waals surface area (Å²) in [7, 11) is -0.0282. The molecule has 8 heteroatoms. The zero-order valence-electron chi connectivity index (χ0n) is 17.9. The van der Waals surface area contributed by atoms with Gasteiger partial charge in [0.2, 0.25) is 5.91 Å². The van der Waals surface area contributed by atoms with E-state index in [2.05, 4.69) is 13.1 Å². The largest absolute Gasteiger partial charge is 0.464 e. The first-order chi connectivity index (χ1) is 12.3. The van der Waals surface area contributed by atoms with Crippen LogP contribution < -0.4 is 0 Å². The summed E-state index contributed by atoms with van der Waals surface area (Å²) in [5.74, 6) is -2.11. The Labute approximate surface area is 163 Å². The van der Waals surface area contributed by atoms with E-state index in [9.17, 15) is 14.4 Å². The van der Waals surface area contributed by atoms with E-state index in [0.717, 1.165) is 0 Å². The van der Waals surface area contributed by atoms with Crippen LogP contribution >= 0.6 is 0 Å². The van der Waals surface area contributed by atoms with Crippen molar-refractivity contribution >= 4 is 26.9 Å². The van der Waals surface area contributed by atoms with Crippen LogP contribution in [0.1, 0.15) is 41.5 Å². The summed E-state index contributed by atoms with van der Waals surface area (Å²) in [5, 5.41) is 0. The highest BCUT2D eigenvalue weighted by Gasteiger charge is 2.58. The van der Waals surface area contributed by atoms with Crippen molar-refractivity contribution in [3.05, 3.63) is 11.3 Å². The highest BCUT2D eigenvalue weighted by atomic mass is 28.3. The van der Waals surface area contributed by atoms with E-state index in [1.54, 1.807) is 13.8 Å². The van der Waals surface area contributed by atoms with Crippen molar-refractivity contribution in [2.24, 2.45) is 17.3 Å². The van der Waals surface area contributed by atoms with E-state index in [4.69, 9.17) is 13.9 Å². The van der Waals surface area contributed by atoms with Crippen LogP contribution in [0.25, 0.3) is 0 Å². The second kappa shape index (κ2) is 9.01. The van der Waals surface area contributed by atoms with Crippen LogP contribution in [0, 0.1) is 17.3 Å². The minimum absolute atomic E-state index is 0.122. The quantitative estimate of drug-likeness (QED) is 0.283. The van der Waals surface area contributed by atoms with Gasteiger partial charge >= 0.3 is 11.9 Å². The average Bonchev–Trinajstić information content (AvgIpc) is 2.52. The fourth-order valence-corrected chi connectivity index (χ4v) is 3.81. The third-order valence-corrected chi connectivity index (χ3v) is 5.48. The number of β-lactam (4-membered cyclic amide) rings is 1. The molecule has 0 spiro atoms. The topological polar surface area (TPSA) is 82.1 Å². The molecule has 0 radical (unpaired) electrons. The number of carbonyl (C=O) groups is 3. The second-order valence-electron chi connectivity index (χ2n) is 8.43. The highest BCUT2D eigenvalue weighted by Crippen LogP contribution is 2.44. The molecule has 7 nitrogen and oxygen atoms in total. The maximum atomic E-state index is 13.1. The van der Waals surface area contributed by atoms with Gasteiger partial charge < -0.3 is 13.9 Å². The number of amides is 1. The van der Waals surface area contributed by atoms with Gasteiger partial charge in [0.05, 0.1) is 7.11 Å². The first-order valence-electron chi connectivity index (χ1n) is 9.20. The summed E-state index contributed by atoms with van der Waals surface area (Å²) in [6.45, 7) is 15.4. The van der Waals surface area contributed by atoms with Gasteiger partial charge in [-0.3, -0.25) is 14.5 Å². The number of esters is 2. The van der Waals surface area contributed by atoms with Crippen molar-refractivity contribution in [2.75, 3.05) is 13.7 Å². The first kappa shape index (κ1) is 23.4. The smallest absolute Gasteiger partial charge is 0.354 e. The summed E-state index contributed by atoms with van der Waals surface area (Å²) in [6, 6.07) is 0. The van der Waals surface area contributed by atoms with Gasteiger partial charge in [0.15, 0.2) is 15.3 Å². The number of rotatable bonds is 7. The van der Waals surface area contributed by atoms with Crippen molar-refractivity contribution in [3.63, 3.8) is 0 Å². The fraction of sp³-hybridized carbons (Fsp3) is 0.737. The lowest BCUT2D eigenvalue weighted by Gasteiger charge is -2.51. The first-order valence-corrected chi connectivity index (χ1v) is 12.0. The van der Waals surface area contributed by atoms with E-state index in [0.29, 0.717) is 12.2 Å². The third kappa shape index (κ3) is 5.41. The Morgan fingerprint density at radius 2 is 1.74 bits per heavy atom. The van der Waals surface area contributed by atoms with Crippen LogP contribution in [0.4, 0.5) is 0 Å². The lowest BCUT2D eigenvalue weighted by molar-refractivity contribution is -0.205. The summed E-state index contributed by atoms with van der Waals surface area (Å²) in [5.41, 5.74) is 0.491. The molecule has 1 aliphatic rings. The molecule has 27 heavy (non-hydrogen) atoms. The maximum absolute atomic E-state index is 13.1. The fourth-order valence-electron chi connectivity index (χ4n) is 3.22. The Morgan fingerprint density at radius 1 is 1.19 bits per heavy atom. The predicted molar refractivity (Wildman–Crippen MR) is 104 cm³/mol. The molecule has 0 bridgehead atoms. The monoisotopic (exact) mass is 399 g/mol. The molecule has 0 saturated carbocycles. The molecule has 0 aromatic heterocycles. The number of nitrogens with zero attached hydrogens (tertiary/aromatic N) is 1. The molecule has 0 N–H and O–H groups in total. The second-order valence-corrected chi connectivity index (χ2v) is 10.9. The number of methoxy groups -OCH3 is 1. The molecule has 0 aromatic carbocycles. The molecule has 0 unspecified atom stereocenters. The lowest BCUT2D eigenvalue weighted by Crippen LogP contribution is -2.66. The molecular formula is C19H33NO6Si. The molecule has 1 fully saturated rings. The van der Waals surface area contributed by atoms with Crippen molar-refractivity contribution in [3.8, 4) is 0 Å². The Bertz CT molecular complexity index is 618. The molecule has 0 aromatic rings. The van der Waals surface area contributed by atoms with Crippen molar-refractivity contribution in [2.45, 2.75) is 60.9 Å². The molecular weight excluding hydrogens is 366 g/mol. The lowest BCUT2D eigenvalue weighted by atomic mass is 9.69. The van der Waals surface area contributed by atoms with Crippen LogP contribution in [-0.4, -0.2) is 51.7 Å². The van der Waals surface area contributed by atoms with Gasteiger partial charge in [-0.05, 0) is 37.9 Å². The summed E-state index contributed by atoms with van der Waals surface area (Å²) >= 11 is 0. The van der Waals surface area contributed by atoms with E-state index >= 15 is 0 Å². The van der Waals surface area contributed by atoms with Crippen molar-refractivity contribution in [1.82, 2.24) is 4.90 Å². The third-order valence-electron chi connectivity index (χ3n) is 4.62. The van der Waals surface area contributed by atoms with E-state index in [-0.39, 0.29) is 22.9 Å². The zero-order chi connectivity index (χ0) is 21.1. The minimum atomic E-state index is -1.29. The van der Waals surface area contributed by atoms with E-state index in [1.165, 1.54) is 18.9 Å². The normalized spacial score (nSPS) is 20.8. The Kier molecular flexibility index (Phi) is 7.80. The predicted octanol–water partition coefficient (Wildman–Crippen LogP) is 2.46. The summed E-state index contributed by atoms with van der Waals surface area (Å²) in [4.78, 5) is 38.3. The average molecular weight is 400 g/mol. The van der Waals surface area contributed by atoms with Gasteiger partial charge in [-0.2, -0.15) is 0 Å². The van der Waals surface area contributed by atoms with Crippen LogP contribution in [0.2, 0.25) is 13.1 Å². The van der Waals surface area contributed by atoms with Crippen LogP contribution in [0.3, 0.4) is 0 Å². The molecule has 154 valence electrons. The molecule has 3 atom stereocenters. The van der Waals surface area contributed by atoms with Gasteiger partial charge in [-0.1, -0.05) is 20.8 Å². The van der Waals surface area contributed by atoms with Crippen molar-refractivity contribution in [1.29, 1.82) is 0 Å². The number of likely N-dealkylation sites (tertiary alicyclic amines) is 1. The SMILES string of the molecule is COC(=O)C(=C(C)C)N1C(=O)[C@H]([C@@H](CO[SiH](C)C)C(C)(C)C)[C@H]1OC(C)=O. The molecule has 1 heterocycles. The Morgan fingerprint density at radius 3 is 2.11 bits per heavy atom. The van der Waals surface area contributed by atoms with Gasteiger partial charge in [0.1, 0.15) is 11.6 Å². The number of hydrogen-bond donors (Lipinski definition) is 0. The van der Waals surface area contributed by atoms with Crippen LogP contribution in [0.15, 0.2) is 11.3 Å². The Hall–Kier alpha value is -1.67. The molecule has 1 rings (SSSR count). The van der Waals surface area contributed by atoms with Crippen LogP contribution in [-0.2, 0) is 28.3 Å². The Balaban J connectivity index is 3.31.